The second kappa shape index (κ2) is 9.74. The molecular weight excluding hydrogens is 422 g/mol. The molecule has 32 heavy (non-hydrogen) atoms. The van der Waals surface area contributed by atoms with Gasteiger partial charge in [-0.2, -0.15) is 0 Å². The van der Waals surface area contributed by atoms with Gasteiger partial charge in [0.2, 0.25) is 11.1 Å². The van der Waals surface area contributed by atoms with Crippen LogP contribution < -0.4 is 5.84 Å². The van der Waals surface area contributed by atoms with Crippen LogP contribution in [0, 0.1) is 6.92 Å². The topological polar surface area (TPSA) is 90.2 Å². The lowest BCUT2D eigenvalue weighted by Gasteiger charge is -2.26. The van der Waals surface area contributed by atoms with Crippen molar-refractivity contribution in [2.45, 2.75) is 37.3 Å². The molecule has 2 N–H and O–H groups in total. The van der Waals surface area contributed by atoms with Crippen LogP contribution >= 0.6 is 11.8 Å². The van der Waals surface area contributed by atoms with E-state index in [4.69, 9.17) is 10.3 Å². The number of benzene rings is 2. The van der Waals surface area contributed by atoms with Crippen molar-refractivity contribution < 1.29 is 9.21 Å². The van der Waals surface area contributed by atoms with Crippen LogP contribution in [-0.4, -0.2) is 30.9 Å². The first kappa shape index (κ1) is 21.7. The quantitative estimate of drug-likeness (QED) is 0.320. The van der Waals surface area contributed by atoms with Gasteiger partial charge in [0.05, 0.1) is 17.1 Å². The van der Waals surface area contributed by atoms with Gasteiger partial charge in [0.15, 0.2) is 5.82 Å². The predicted molar refractivity (Wildman–Crippen MR) is 125 cm³/mol. The largest absolute Gasteiger partial charge is 0.469 e. The summed E-state index contributed by atoms with van der Waals surface area (Å²) in [5, 5.41) is 8.47. The number of rotatable bonds is 8. The minimum absolute atomic E-state index is 0.00625. The minimum atomic E-state index is -0.396. The summed E-state index contributed by atoms with van der Waals surface area (Å²) in [6.07, 6.45) is 1.59. The van der Waals surface area contributed by atoms with Gasteiger partial charge >= 0.3 is 0 Å². The number of thioether (sulfide) groups is 1. The fourth-order valence-corrected chi connectivity index (χ4v) is 4.30. The van der Waals surface area contributed by atoms with Crippen LogP contribution in [0.3, 0.4) is 0 Å². The molecule has 4 aromatic rings. The number of carbonyl (C=O) groups excluding carboxylic acids is 1. The molecule has 2 aromatic carbocycles. The predicted octanol–water partition coefficient (Wildman–Crippen LogP) is 4.27. The van der Waals surface area contributed by atoms with E-state index >= 15 is 0 Å². The first-order valence-electron chi connectivity index (χ1n) is 10.3. The molecule has 0 bridgehead atoms. The molecule has 1 atom stereocenters. The number of furan rings is 1. The van der Waals surface area contributed by atoms with Gasteiger partial charge in [0, 0.05) is 13.1 Å². The van der Waals surface area contributed by atoms with Crippen molar-refractivity contribution in [2.24, 2.45) is 0 Å². The molecule has 0 radical (unpaired) electrons. The second-order valence-electron chi connectivity index (χ2n) is 7.49. The normalized spacial score (nSPS) is 11.9. The molecule has 8 heteroatoms. The standard InChI is InChI=1S/C24H25N5O2S/c1-17-21(13-14-31-17)22-26-27-24(29(22)25)32-18(2)23(30)28(15-19-9-5-3-6-10-19)16-20-11-7-4-8-12-20/h3-14,18H,15-16,25H2,1-2H3. The van der Waals surface area contributed by atoms with Crippen LogP contribution in [0.1, 0.15) is 23.8 Å². The Morgan fingerprint density at radius 1 is 1.03 bits per heavy atom. The summed E-state index contributed by atoms with van der Waals surface area (Å²) in [5.41, 5.74) is 2.93. The Morgan fingerprint density at radius 3 is 2.16 bits per heavy atom. The molecule has 2 aromatic heterocycles. The zero-order valence-corrected chi connectivity index (χ0v) is 18.8. The van der Waals surface area contributed by atoms with E-state index in [2.05, 4.69) is 10.2 Å². The van der Waals surface area contributed by atoms with E-state index < -0.39 is 5.25 Å². The summed E-state index contributed by atoms with van der Waals surface area (Å²) in [4.78, 5) is 15.3. The summed E-state index contributed by atoms with van der Waals surface area (Å²) in [7, 11) is 0. The number of aromatic nitrogens is 3. The van der Waals surface area contributed by atoms with Crippen molar-refractivity contribution in [2.75, 3.05) is 5.84 Å². The maximum absolute atomic E-state index is 13.4. The number of amides is 1. The molecule has 0 aliphatic heterocycles. The van der Waals surface area contributed by atoms with E-state index in [1.807, 2.05) is 79.4 Å². The molecular formula is C24H25N5O2S. The number of nitrogens with two attached hydrogens (primary N) is 1. The van der Waals surface area contributed by atoms with Gasteiger partial charge in [-0.25, -0.2) is 4.68 Å². The van der Waals surface area contributed by atoms with Crippen molar-refractivity contribution >= 4 is 17.7 Å². The van der Waals surface area contributed by atoms with Crippen molar-refractivity contribution in [3.63, 3.8) is 0 Å². The van der Waals surface area contributed by atoms with E-state index in [0.29, 0.717) is 29.8 Å². The zero-order chi connectivity index (χ0) is 22.5. The van der Waals surface area contributed by atoms with Gasteiger partial charge in [-0.15, -0.1) is 10.2 Å². The lowest BCUT2D eigenvalue weighted by Crippen LogP contribution is -2.36. The van der Waals surface area contributed by atoms with Crippen LogP contribution in [0.25, 0.3) is 11.4 Å². The number of hydrogen-bond acceptors (Lipinski definition) is 6. The minimum Gasteiger partial charge on any atom is -0.469 e. The van der Waals surface area contributed by atoms with Crippen molar-refractivity contribution in [1.82, 2.24) is 19.8 Å². The summed E-state index contributed by atoms with van der Waals surface area (Å²) in [6, 6.07) is 21.8. The number of nitrogen functional groups attached to an aromatic ring is 1. The van der Waals surface area contributed by atoms with Crippen LogP contribution in [0.2, 0.25) is 0 Å². The zero-order valence-electron chi connectivity index (χ0n) is 18.0. The van der Waals surface area contributed by atoms with E-state index in [9.17, 15) is 4.79 Å². The smallest absolute Gasteiger partial charge is 0.236 e. The fraction of sp³-hybridized carbons (Fsp3) is 0.208. The van der Waals surface area contributed by atoms with E-state index in [1.54, 1.807) is 12.3 Å². The van der Waals surface area contributed by atoms with Crippen LogP contribution in [0.4, 0.5) is 0 Å². The lowest BCUT2D eigenvalue weighted by molar-refractivity contribution is -0.131. The summed E-state index contributed by atoms with van der Waals surface area (Å²) >= 11 is 1.29. The van der Waals surface area contributed by atoms with Gasteiger partial charge in [-0.3, -0.25) is 4.79 Å². The van der Waals surface area contributed by atoms with Crippen molar-refractivity contribution in [1.29, 1.82) is 0 Å². The highest BCUT2D eigenvalue weighted by molar-refractivity contribution is 8.00. The van der Waals surface area contributed by atoms with E-state index in [0.717, 1.165) is 16.7 Å². The number of aryl methyl sites for hydroxylation is 1. The van der Waals surface area contributed by atoms with Crippen molar-refractivity contribution in [3.05, 3.63) is 89.9 Å². The number of hydrogen-bond donors (Lipinski definition) is 1. The molecule has 1 amide bonds. The molecule has 2 heterocycles. The molecule has 0 aliphatic carbocycles. The van der Waals surface area contributed by atoms with Gasteiger partial charge in [0.1, 0.15) is 5.76 Å². The highest BCUT2D eigenvalue weighted by atomic mass is 32.2. The Morgan fingerprint density at radius 2 is 1.62 bits per heavy atom. The summed E-state index contributed by atoms with van der Waals surface area (Å²) < 4.78 is 6.75. The molecule has 0 saturated heterocycles. The summed E-state index contributed by atoms with van der Waals surface area (Å²) in [6.45, 7) is 4.75. The Bertz CT molecular complexity index is 1130. The number of nitrogens with zero attached hydrogens (tertiary/aromatic N) is 4. The third-order valence-electron chi connectivity index (χ3n) is 5.14. The molecule has 0 saturated carbocycles. The maximum Gasteiger partial charge on any atom is 0.236 e. The lowest BCUT2D eigenvalue weighted by atomic mass is 10.1. The van der Waals surface area contributed by atoms with E-state index in [-0.39, 0.29) is 5.91 Å². The highest BCUT2D eigenvalue weighted by Crippen LogP contribution is 2.28. The van der Waals surface area contributed by atoms with Crippen LogP contribution in [-0.2, 0) is 17.9 Å². The van der Waals surface area contributed by atoms with Crippen molar-refractivity contribution in [3.8, 4) is 11.4 Å². The first-order valence-corrected chi connectivity index (χ1v) is 11.2. The molecule has 0 aliphatic rings. The maximum atomic E-state index is 13.4. The SMILES string of the molecule is Cc1occc1-c1nnc(SC(C)C(=O)N(Cc2ccccc2)Cc2ccccc2)n1N. The Hall–Kier alpha value is -3.52. The average molecular weight is 448 g/mol. The Kier molecular flexibility index (Phi) is 6.61. The van der Waals surface area contributed by atoms with Gasteiger partial charge < -0.3 is 15.2 Å². The second-order valence-corrected chi connectivity index (χ2v) is 8.80. The molecule has 4 rings (SSSR count). The molecule has 0 spiro atoms. The third-order valence-corrected chi connectivity index (χ3v) is 6.18. The van der Waals surface area contributed by atoms with Gasteiger partial charge in [0.25, 0.3) is 0 Å². The van der Waals surface area contributed by atoms with Crippen LogP contribution in [0.5, 0.6) is 0 Å². The molecule has 1 unspecified atom stereocenters. The first-order chi connectivity index (χ1) is 15.5. The molecule has 0 fully saturated rings. The molecule has 164 valence electrons. The van der Waals surface area contributed by atoms with Gasteiger partial charge in [-0.1, -0.05) is 72.4 Å². The van der Waals surface area contributed by atoms with Crippen LogP contribution in [0.15, 0.2) is 82.6 Å². The summed E-state index contributed by atoms with van der Waals surface area (Å²) in [5.74, 6) is 7.46. The van der Waals surface area contributed by atoms with Gasteiger partial charge in [-0.05, 0) is 31.0 Å². The molecule has 7 nitrogen and oxygen atoms in total. The Labute approximate surface area is 191 Å². The monoisotopic (exact) mass is 447 g/mol. The fourth-order valence-electron chi connectivity index (χ4n) is 3.44. The third kappa shape index (κ3) is 4.86. The highest BCUT2D eigenvalue weighted by Gasteiger charge is 2.25. The Balaban J connectivity index is 1.52. The van der Waals surface area contributed by atoms with E-state index in [1.165, 1.54) is 16.4 Å². The average Bonchev–Trinajstić information content (AvgIpc) is 3.39. The number of carbonyl (C=O) groups is 1.